The minimum atomic E-state index is -1.99. The van der Waals surface area contributed by atoms with Gasteiger partial charge in [0.1, 0.15) is 73.2 Å². The fourth-order valence-corrected chi connectivity index (χ4v) is 14.4. The van der Waals surface area contributed by atoms with Crippen LogP contribution in [-0.2, 0) is 33.2 Å². The Labute approximate surface area is 678 Å². The summed E-state index contributed by atoms with van der Waals surface area (Å²) >= 11 is 0. The third-order valence-corrected chi connectivity index (χ3v) is 21.5. The maximum absolute atomic E-state index is 13.5. The second kappa shape index (κ2) is 71.3. The molecule has 0 radical (unpaired) electrons. The number of ether oxygens (including phenoxy) is 6. The van der Waals surface area contributed by atoms with Crippen molar-refractivity contribution in [3.63, 3.8) is 0 Å². The normalized spacial score (nSPS) is 25.5. The first kappa shape index (κ1) is 102. The highest BCUT2D eigenvalue weighted by molar-refractivity contribution is 5.76. The molecule has 3 rings (SSSR count). The first-order valence-electron chi connectivity index (χ1n) is 44.8. The summed E-state index contributed by atoms with van der Waals surface area (Å²) in [7, 11) is 0. The molecule has 0 aromatic carbocycles. The Morgan fingerprint density at radius 1 is 0.330 bits per heavy atom. The molecule has 0 aromatic heterocycles. The average Bonchev–Trinajstić information content (AvgIpc) is 0.780. The second-order valence-corrected chi connectivity index (χ2v) is 31.3. The van der Waals surface area contributed by atoms with Crippen LogP contribution in [0, 0.1) is 0 Å². The number of nitrogens with one attached hydrogen (secondary N) is 1. The highest BCUT2D eigenvalue weighted by Crippen LogP contribution is 2.33. The molecule has 19 nitrogen and oxygen atoms in total. The van der Waals surface area contributed by atoms with E-state index < -0.39 is 124 Å². The van der Waals surface area contributed by atoms with Gasteiger partial charge in [-0.05, 0) is 103 Å². The van der Waals surface area contributed by atoms with Gasteiger partial charge < -0.3 is 89.9 Å². The zero-order valence-electron chi connectivity index (χ0n) is 69.6. The van der Waals surface area contributed by atoms with Crippen molar-refractivity contribution in [1.82, 2.24) is 5.32 Å². The molecule has 3 fully saturated rings. The lowest BCUT2D eigenvalue weighted by Crippen LogP contribution is -2.66. The van der Waals surface area contributed by atoms with Gasteiger partial charge in [0.05, 0.1) is 38.6 Å². The van der Waals surface area contributed by atoms with E-state index in [2.05, 4.69) is 129 Å². The van der Waals surface area contributed by atoms with Crippen molar-refractivity contribution in [3.8, 4) is 0 Å². The molecule has 17 unspecified atom stereocenters. The highest BCUT2D eigenvalue weighted by Gasteiger charge is 2.54. The van der Waals surface area contributed by atoms with Crippen molar-refractivity contribution in [2.24, 2.45) is 0 Å². The summed E-state index contributed by atoms with van der Waals surface area (Å²) in [6.45, 7) is 1.63. The number of aliphatic hydroxyl groups is 11. The van der Waals surface area contributed by atoms with Gasteiger partial charge in [0, 0.05) is 6.42 Å². The van der Waals surface area contributed by atoms with Crippen molar-refractivity contribution >= 4 is 5.91 Å². The van der Waals surface area contributed by atoms with Crippen LogP contribution in [0.15, 0.2) is 122 Å². The van der Waals surface area contributed by atoms with Gasteiger partial charge in [-0.2, -0.15) is 0 Å². The largest absolute Gasteiger partial charge is 0.394 e. The maximum atomic E-state index is 13.5. The number of hydrogen-bond acceptors (Lipinski definition) is 18. The van der Waals surface area contributed by atoms with Crippen LogP contribution >= 0.6 is 0 Å². The van der Waals surface area contributed by atoms with Crippen molar-refractivity contribution in [2.45, 2.75) is 433 Å². The summed E-state index contributed by atoms with van der Waals surface area (Å²) in [5.74, 6) is -0.289. The molecule has 0 bridgehead atoms. The monoisotopic (exact) mass is 1580 g/mol. The molecule has 19 heteroatoms. The minimum Gasteiger partial charge on any atom is -0.394 e. The van der Waals surface area contributed by atoms with E-state index in [9.17, 15) is 61.0 Å². The van der Waals surface area contributed by atoms with Crippen LogP contribution in [0.1, 0.15) is 328 Å². The van der Waals surface area contributed by atoms with Crippen molar-refractivity contribution in [1.29, 1.82) is 0 Å². The number of rotatable bonds is 71. The third-order valence-electron chi connectivity index (χ3n) is 21.5. The fourth-order valence-electron chi connectivity index (χ4n) is 14.4. The van der Waals surface area contributed by atoms with E-state index in [0.717, 1.165) is 89.9 Å². The van der Waals surface area contributed by atoms with Crippen LogP contribution in [0.5, 0.6) is 0 Å². The van der Waals surface area contributed by atoms with Gasteiger partial charge in [-0.3, -0.25) is 4.79 Å². The van der Waals surface area contributed by atoms with Gasteiger partial charge in [-0.15, -0.1) is 0 Å². The maximum Gasteiger partial charge on any atom is 0.220 e. The molecule has 646 valence electrons. The standard InChI is InChI=1S/C93H161NO18/c1-3-5-7-9-11-13-15-17-19-21-23-25-27-29-31-33-34-35-36-37-38-39-40-41-42-43-45-47-49-51-53-55-57-59-61-63-65-67-69-71-81(99)94-76(77(98)70-68-66-64-62-60-58-56-54-52-50-48-46-44-32-30-28-26-24-22-20-18-16-14-12-10-8-6-4-2)75-107-91-87(105)84(102)89(79(73-96)109-91)112-93-88(106)85(103)90(80(74-97)110-93)111-92-86(104)83(101)82(100)78(72-95)108-92/h5,7,11,13,17,19,23,25,29,31,34-35,37-38,52,54,60,62,68,70,76-80,82-93,95-98,100-106H,3-4,6,8-10,12,14-16,18,20-22,24,26-28,30,32-33,36,39-51,53,55-59,61,63-67,69,71-75H2,1-2H3,(H,94,99)/b7-5-,13-11-,19-17-,25-23-,31-29-,35-34-,38-37-,54-52+,62-60+,70-68+. The zero-order chi connectivity index (χ0) is 81.0. The van der Waals surface area contributed by atoms with Crippen LogP contribution in [0.25, 0.3) is 0 Å². The number of aliphatic hydroxyl groups excluding tert-OH is 11. The fraction of sp³-hybridized carbons (Fsp3) is 0.774. The summed E-state index contributed by atoms with van der Waals surface area (Å²) in [6, 6.07) is -1.00. The molecule has 3 saturated heterocycles. The smallest absolute Gasteiger partial charge is 0.220 e. The predicted octanol–water partition coefficient (Wildman–Crippen LogP) is 17.0. The van der Waals surface area contributed by atoms with Crippen molar-refractivity contribution in [3.05, 3.63) is 122 Å². The van der Waals surface area contributed by atoms with Crippen molar-refractivity contribution < 1.29 is 89.4 Å². The summed E-state index contributed by atoms with van der Waals surface area (Å²) in [5, 5.41) is 121. The van der Waals surface area contributed by atoms with Gasteiger partial charge in [0.25, 0.3) is 0 Å². The van der Waals surface area contributed by atoms with E-state index in [-0.39, 0.29) is 18.9 Å². The van der Waals surface area contributed by atoms with Crippen LogP contribution in [0.2, 0.25) is 0 Å². The first-order valence-corrected chi connectivity index (χ1v) is 44.8. The zero-order valence-corrected chi connectivity index (χ0v) is 69.6. The number of amides is 1. The third kappa shape index (κ3) is 49.4. The van der Waals surface area contributed by atoms with E-state index in [4.69, 9.17) is 28.4 Å². The topological polar surface area (TPSA) is 307 Å². The molecule has 3 aliphatic rings. The molecule has 3 aliphatic heterocycles. The molecule has 0 spiro atoms. The lowest BCUT2D eigenvalue weighted by atomic mass is 9.96. The van der Waals surface area contributed by atoms with E-state index in [1.54, 1.807) is 6.08 Å². The van der Waals surface area contributed by atoms with Gasteiger partial charge in [0.2, 0.25) is 5.91 Å². The van der Waals surface area contributed by atoms with Crippen LogP contribution in [-0.4, -0.2) is 193 Å². The Morgan fingerprint density at radius 2 is 0.625 bits per heavy atom. The average molecular weight is 1580 g/mol. The molecular formula is C93H161NO18. The minimum absolute atomic E-state index is 0.228. The molecule has 112 heavy (non-hydrogen) atoms. The Bertz CT molecular complexity index is 2500. The summed E-state index contributed by atoms with van der Waals surface area (Å²) in [6.07, 6.45) is 74.9. The summed E-state index contributed by atoms with van der Waals surface area (Å²) in [4.78, 5) is 13.5. The van der Waals surface area contributed by atoms with Gasteiger partial charge in [0.15, 0.2) is 18.9 Å². The molecule has 1 amide bonds. The summed E-state index contributed by atoms with van der Waals surface area (Å²) < 4.78 is 34.5. The second-order valence-electron chi connectivity index (χ2n) is 31.3. The van der Waals surface area contributed by atoms with E-state index in [1.165, 1.54) is 205 Å². The molecular weight excluding hydrogens is 1420 g/mol. The van der Waals surface area contributed by atoms with Crippen LogP contribution in [0.4, 0.5) is 0 Å². The molecule has 0 aliphatic carbocycles. The van der Waals surface area contributed by atoms with E-state index >= 15 is 0 Å². The van der Waals surface area contributed by atoms with E-state index in [0.29, 0.717) is 12.8 Å². The van der Waals surface area contributed by atoms with Gasteiger partial charge in [-0.25, -0.2) is 0 Å². The Kier molecular flexibility index (Phi) is 65.2. The van der Waals surface area contributed by atoms with Gasteiger partial charge in [-0.1, -0.05) is 341 Å². The summed E-state index contributed by atoms with van der Waals surface area (Å²) in [5.41, 5.74) is 0. The van der Waals surface area contributed by atoms with Crippen LogP contribution in [0.3, 0.4) is 0 Å². The number of carbonyl (C=O) groups excluding carboxylic acids is 1. The van der Waals surface area contributed by atoms with Crippen LogP contribution < -0.4 is 5.32 Å². The lowest BCUT2D eigenvalue weighted by Gasteiger charge is -2.48. The molecule has 12 N–H and O–H groups in total. The highest BCUT2D eigenvalue weighted by atomic mass is 16.8. The molecule has 0 aromatic rings. The first-order chi connectivity index (χ1) is 54.8. The van der Waals surface area contributed by atoms with Crippen molar-refractivity contribution in [2.75, 3.05) is 26.4 Å². The molecule has 3 heterocycles. The number of unbranched alkanes of at least 4 members (excludes halogenated alkanes) is 37. The van der Waals surface area contributed by atoms with E-state index in [1.807, 2.05) is 6.08 Å². The Hall–Kier alpha value is -3.81. The number of hydrogen-bond donors (Lipinski definition) is 12. The van der Waals surface area contributed by atoms with Gasteiger partial charge >= 0.3 is 0 Å². The number of allylic oxidation sites excluding steroid dienone is 19. The SMILES string of the molecule is CC/C=C\C/C=C\C/C=C\C/C=C\C/C=C\C/C=C\C/C=C\CCCCCCCCCCCCCCCCCCCC(=O)NC(COC1OC(CO)C(OC2OC(CO)C(OC3OC(CO)C(O)C(O)C3O)C(O)C2O)C(O)C1O)C(O)/C=C/CC/C=C/CC/C=C/CCCCCCCCCCCCCCCCCCCC. The molecule has 17 atom stereocenters. The Balaban J connectivity index is 1.34. The number of carbonyl (C=O) groups is 1. The quantitative estimate of drug-likeness (QED) is 0.0199. The Morgan fingerprint density at radius 3 is 1.00 bits per heavy atom. The molecule has 0 saturated carbocycles. The predicted molar refractivity (Wildman–Crippen MR) is 452 cm³/mol. The lowest BCUT2D eigenvalue weighted by molar-refractivity contribution is -0.379.